The topological polar surface area (TPSA) is 120 Å². The molecule has 6 rings (SSSR count). The molecule has 1 aromatic heterocycles. The highest BCUT2D eigenvalue weighted by Gasteiger charge is 2.50. The van der Waals surface area contributed by atoms with Crippen molar-refractivity contribution < 1.29 is 14.3 Å². The predicted molar refractivity (Wildman–Crippen MR) is 158 cm³/mol. The van der Waals surface area contributed by atoms with Crippen LogP contribution in [0.5, 0.6) is 11.5 Å². The van der Waals surface area contributed by atoms with Gasteiger partial charge in [-0.2, -0.15) is 5.10 Å². The van der Waals surface area contributed by atoms with Crippen LogP contribution in [-0.2, 0) is 4.79 Å². The third-order valence-corrected chi connectivity index (χ3v) is 8.81. The summed E-state index contributed by atoms with van der Waals surface area (Å²) in [4.78, 5) is 29.7. The molecule has 0 radical (unpaired) electrons. The second kappa shape index (κ2) is 11.4. The average molecular weight is 555 g/mol. The van der Waals surface area contributed by atoms with Crippen molar-refractivity contribution in [3.63, 3.8) is 0 Å². The maximum atomic E-state index is 12.8. The first-order chi connectivity index (χ1) is 19.9. The van der Waals surface area contributed by atoms with Crippen molar-refractivity contribution in [3.05, 3.63) is 72.3 Å². The third-order valence-electron chi connectivity index (χ3n) is 8.81. The highest BCUT2D eigenvalue weighted by Crippen LogP contribution is 2.54. The number of nitrogens with zero attached hydrogens (tertiary/aromatic N) is 4. The summed E-state index contributed by atoms with van der Waals surface area (Å²) in [6.07, 6.45) is 10.3. The summed E-state index contributed by atoms with van der Waals surface area (Å²) in [7, 11) is 0. The molecule has 3 heterocycles. The molecule has 4 N–H and O–H groups in total. The number of aromatic nitrogens is 2. The average Bonchev–Trinajstić information content (AvgIpc) is 3.56. The Balaban J connectivity index is 1.10. The van der Waals surface area contributed by atoms with Gasteiger partial charge in [-0.3, -0.25) is 14.5 Å². The van der Waals surface area contributed by atoms with Crippen LogP contribution in [0.3, 0.4) is 0 Å². The van der Waals surface area contributed by atoms with E-state index >= 15 is 0 Å². The number of rotatable bonds is 8. The zero-order chi connectivity index (χ0) is 28.4. The van der Waals surface area contributed by atoms with Crippen LogP contribution in [0.15, 0.2) is 66.7 Å². The van der Waals surface area contributed by atoms with E-state index in [-0.39, 0.29) is 22.9 Å². The molecule has 9 heteroatoms. The van der Waals surface area contributed by atoms with Crippen molar-refractivity contribution in [1.29, 1.82) is 0 Å². The van der Waals surface area contributed by atoms with E-state index in [4.69, 9.17) is 21.3 Å². The van der Waals surface area contributed by atoms with E-state index in [9.17, 15) is 9.59 Å². The normalized spacial score (nSPS) is 22.7. The molecule has 1 spiro atoms. The minimum atomic E-state index is -0.601. The van der Waals surface area contributed by atoms with Gasteiger partial charge in [0.25, 0.3) is 5.91 Å². The van der Waals surface area contributed by atoms with E-state index in [0.29, 0.717) is 17.3 Å². The van der Waals surface area contributed by atoms with Gasteiger partial charge in [-0.1, -0.05) is 30.7 Å². The van der Waals surface area contributed by atoms with Crippen molar-refractivity contribution >= 4 is 17.6 Å². The summed E-state index contributed by atoms with van der Waals surface area (Å²) < 4.78 is 7.65. The van der Waals surface area contributed by atoms with Gasteiger partial charge in [0.05, 0.1) is 6.04 Å². The summed E-state index contributed by atoms with van der Waals surface area (Å²) >= 11 is 0. The van der Waals surface area contributed by atoms with Crippen LogP contribution < -0.4 is 16.2 Å². The zero-order valence-electron chi connectivity index (χ0n) is 23.4. The molecule has 214 valence electrons. The Morgan fingerprint density at radius 2 is 1.68 bits per heavy atom. The standard InChI is InChI=1S/C32H38N6O3/c33-30-28(31(34)40)29(23-11-13-26(14-12-23)41-25-8-3-1-4-9-25)35-38(30)24-20-32(21-24)15-19-37(22-32)27(39)10-7-18-36-16-5-2-6-17-36/h1,3-4,7-14,24H,2,5-6,15-22,33H2,(H2,34,40)/b10-7+. The molecule has 3 fully saturated rings. The van der Waals surface area contributed by atoms with Crippen molar-refractivity contribution in [2.45, 2.75) is 44.6 Å². The molecule has 2 saturated heterocycles. The zero-order valence-corrected chi connectivity index (χ0v) is 23.4. The van der Waals surface area contributed by atoms with Gasteiger partial charge in [-0.05, 0) is 87.0 Å². The molecular weight excluding hydrogens is 516 g/mol. The molecule has 2 aliphatic heterocycles. The Bertz CT molecular complexity index is 1420. The summed E-state index contributed by atoms with van der Waals surface area (Å²) in [5, 5.41) is 4.78. The number of amides is 2. The van der Waals surface area contributed by atoms with Gasteiger partial charge in [-0.15, -0.1) is 0 Å². The minimum absolute atomic E-state index is 0.0623. The van der Waals surface area contributed by atoms with Gasteiger partial charge >= 0.3 is 0 Å². The fraction of sp³-hybridized carbons (Fsp3) is 0.406. The second-order valence-corrected chi connectivity index (χ2v) is 11.7. The van der Waals surface area contributed by atoms with Crippen LogP contribution in [-0.4, -0.2) is 64.1 Å². The molecule has 1 saturated carbocycles. The summed E-state index contributed by atoms with van der Waals surface area (Å²) in [5.41, 5.74) is 13.8. The van der Waals surface area contributed by atoms with E-state index in [1.807, 2.05) is 65.6 Å². The van der Waals surface area contributed by atoms with Gasteiger partial charge in [0.1, 0.15) is 28.6 Å². The summed E-state index contributed by atoms with van der Waals surface area (Å²) in [6.45, 7) is 4.60. The summed E-state index contributed by atoms with van der Waals surface area (Å²) in [6, 6.07) is 17.0. The quantitative estimate of drug-likeness (QED) is 0.392. The molecule has 2 amide bonds. The molecule has 1 aliphatic carbocycles. The monoisotopic (exact) mass is 554 g/mol. The number of carbonyl (C=O) groups excluding carboxylic acids is 2. The fourth-order valence-electron chi connectivity index (χ4n) is 6.60. The number of benzene rings is 2. The van der Waals surface area contributed by atoms with E-state index < -0.39 is 5.91 Å². The minimum Gasteiger partial charge on any atom is -0.457 e. The summed E-state index contributed by atoms with van der Waals surface area (Å²) in [5.74, 6) is 1.21. The van der Waals surface area contributed by atoms with Crippen LogP contribution in [0.1, 0.15) is 54.9 Å². The molecule has 3 aliphatic rings. The predicted octanol–water partition coefficient (Wildman–Crippen LogP) is 4.62. The van der Waals surface area contributed by atoms with Crippen molar-refractivity contribution in [3.8, 4) is 22.8 Å². The third kappa shape index (κ3) is 5.72. The lowest BCUT2D eigenvalue weighted by Gasteiger charge is -2.45. The van der Waals surface area contributed by atoms with Crippen LogP contribution in [0, 0.1) is 5.41 Å². The van der Waals surface area contributed by atoms with E-state index in [1.165, 1.54) is 19.3 Å². The Hall–Kier alpha value is -4.11. The molecule has 0 bridgehead atoms. The lowest BCUT2D eigenvalue weighted by Crippen LogP contribution is -2.42. The number of piperidine rings is 1. The number of para-hydroxylation sites is 1. The first-order valence-electron chi connectivity index (χ1n) is 14.6. The number of nitrogens with two attached hydrogens (primary N) is 2. The van der Waals surface area contributed by atoms with E-state index in [0.717, 1.165) is 63.3 Å². The molecule has 2 aromatic carbocycles. The van der Waals surface area contributed by atoms with Crippen molar-refractivity contribution in [1.82, 2.24) is 19.6 Å². The molecule has 41 heavy (non-hydrogen) atoms. The largest absolute Gasteiger partial charge is 0.457 e. The van der Waals surface area contributed by atoms with E-state index in [2.05, 4.69) is 4.90 Å². The number of ether oxygens (including phenoxy) is 1. The number of carbonyl (C=O) groups is 2. The highest BCUT2D eigenvalue weighted by atomic mass is 16.5. The molecule has 0 atom stereocenters. The van der Waals surface area contributed by atoms with Crippen LogP contribution in [0.25, 0.3) is 11.3 Å². The van der Waals surface area contributed by atoms with Gasteiger partial charge in [0.15, 0.2) is 0 Å². The Labute approximate surface area is 240 Å². The molecule has 0 unspecified atom stereocenters. The molecular formula is C32H38N6O3. The Kier molecular flexibility index (Phi) is 7.53. The Morgan fingerprint density at radius 1 is 0.976 bits per heavy atom. The number of hydrogen-bond donors (Lipinski definition) is 2. The highest BCUT2D eigenvalue weighted by molar-refractivity contribution is 6.03. The number of primary amides is 1. The van der Waals surface area contributed by atoms with Gasteiger partial charge in [-0.25, -0.2) is 4.68 Å². The van der Waals surface area contributed by atoms with E-state index in [1.54, 1.807) is 10.8 Å². The Morgan fingerprint density at radius 3 is 2.39 bits per heavy atom. The van der Waals surface area contributed by atoms with Gasteiger partial charge in [0, 0.05) is 31.3 Å². The fourth-order valence-corrected chi connectivity index (χ4v) is 6.60. The molecule has 9 nitrogen and oxygen atoms in total. The number of likely N-dealkylation sites (tertiary alicyclic amines) is 2. The lowest BCUT2D eigenvalue weighted by atomic mass is 9.65. The van der Waals surface area contributed by atoms with Crippen molar-refractivity contribution in [2.24, 2.45) is 11.1 Å². The second-order valence-electron chi connectivity index (χ2n) is 11.7. The van der Waals surface area contributed by atoms with Gasteiger partial charge in [0.2, 0.25) is 5.91 Å². The van der Waals surface area contributed by atoms with Crippen LogP contribution in [0.2, 0.25) is 0 Å². The number of anilines is 1. The SMILES string of the molecule is NC(=O)c1c(-c2ccc(Oc3ccccc3)cc2)nn(C2CC3(CCN(C(=O)/C=C/CN4CCCCC4)C3)C2)c1N. The van der Waals surface area contributed by atoms with Crippen LogP contribution in [0.4, 0.5) is 5.82 Å². The first-order valence-corrected chi connectivity index (χ1v) is 14.6. The van der Waals surface area contributed by atoms with Crippen LogP contribution >= 0.6 is 0 Å². The smallest absolute Gasteiger partial charge is 0.254 e. The lowest BCUT2D eigenvalue weighted by molar-refractivity contribution is -0.125. The van der Waals surface area contributed by atoms with Gasteiger partial charge < -0.3 is 21.1 Å². The van der Waals surface area contributed by atoms with Crippen molar-refractivity contribution in [2.75, 3.05) is 38.5 Å². The number of nitrogen functional groups attached to an aromatic ring is 1. The first kappa shape index (κ1) is 27.1. The molecule has 3 aromatic rings. The maximum Gasteiger partial charge on any atom is 0.254 e. The maximum absolute atomic E-state index is 12.8. The number of hydrogen-bond acceptors (Lipinski definition) is 6.